The lowest BCUT2D eigenvalue weighted by Gasteiger charge is -2.11. The molecule has 6 nitrogen and oxygen atoms in total. The average molecular weight is 414 g/mol. The summed E-state index contributed by atoms with van der Waals surface area (Å²) in [6, 6.07) is 18.5. The van der Waals surface area contributed by atoms with Gasteiger partial charge in [0.2, 0.25) is 0 Å². The molecule has 0 heterocycles. The summed E-state index contributed by atoms with van der Waals surface area (Å²) >= 11 is 0. The number of amides is 1. The number of hydrogen-bond donors (Lipinski definition) is 2. The molecule has 0 atom stereocenters. The van der Waals surface area contributed by atoms with Crippen molar-refractivity contribution < 1.29 is 22.3 Å². The van der Waals surface area contributed by atoms with Gasteiger partial charge in [0, 0.05) is 5.69 Å². The Morgan fingerprint density at radius 2 is 1.62 bits per heavy atom. The van der Waals surface area contributed by atoms with E-state index in [1.165, 1.54) is 42.5 Å². The smallest absolute Gasteiger partial charge is 0.262 e. The fraction of sp³-hybridized carbons (Fsp3) is 0.0952. The number of sulfonamides is 1. The molecule has 1 amide bonds. The van der Waals surface area contributed by atoms with Crippen molar-refractivity contribution in [2.75, 3.05) is 16.6 Å². The van der Waals surface area contributed by atoms with Crippen molar-refractivity contribution in [1.82, 2.24) is 0 Å². The van der Waals surface area contributed by atoms with Crippen LogP contribution in [0.3, 0.4) is 0 Å². The Labute approximate surface area is 168 Å². The molecular weight excluding hydrogens is 395 g/mol. The lowest BCUT2D eigenvalue weighted by molar-refractivity contribution is -0.118. The van der Waals surface area contributed by atoms with E-state index >= 15 is 0 Å². The number of carbonyl (C=O) groups excluding carboxylic acids is 1. The van der Waals surface area contributed by atoms with Crippen LogP contribution in [-0.2, 0) is 14.8 Å². The maximum atomic E-state index is 13.5. The van der Waals surface area contributed by atoms with Crippen LogP contribution in [0.2, 0.25) is 0 Å². The third kappa shape index (κ3) is 5.32. The molecule has 3 aromatic carbocycles. The summed E-state index contributed by atoms with van der Waals surface area (Å²) in [6.45, 7) is 1.43. The van der Waals surface area contributed by atoms with Gasteiger partial charge in [-0.25, -0.2) is 12.8 Å². The molecule has 150 valence electrons. The van der Waals surface area contributed by atoms with Crippen molar-refractivity contribution in [2.45, 2.75) is 11.8 Å². The van der Waals surface area contributed by atoms with Crippen LogP contribution in [0.25, 0.3) is 0 Å². The molecule has 0 spiro atoms. The van der Waals surface area contributed by atoms with Crippen LogP contribution in [-0.4, -0.2) is 20.9 Å². The second-order valence-electron chi connectivity index (χ2n) is 6.21. The number of carbonyl (C=O) groups is 1. The molecule has 29 heavy (non-hydrogen) atoms. The summed E-state index contributed by atoms with van der Waals surface area (Å²) in [5.74, 6) is -1.08. The van der Waals surface area contributed by atoms with Gasteiger partial charge in [-0.3, -0.25) is 9.52 Å². The third-order valence-corrected chi connectivity index (χ3v) is 5.41. The molecule has 0 bridgehead atoms. The normalized spacial score (nSPS) is 11.0. The highest BCUT2D eigenvalue weighted by molar-refractivity contribution is 7.92. The topological polar surface area (TPSA) is 84.5 Å². The van der Waals surface area contributed by atoms with Crippen LogP contribution in [0.1, 0.15) is 5.56 Å². The first-order valence-corrected chi connectivity index (χ1v) is 10.2. The second kappa shape index (κ2) is 8.74. The zero-order valence-corrected chi connectivity index (χ0v) is 16.4. The summed E-state index contributed by atoms with van der Waals surface area (Å²) in [5.41, 5.74) is 1.69. The Morgan fingerprint density at radius 3 is 2.31 bits per heavy atom. The molecule has 0 saturated heterocycles. The number of aryl methyl sites for hydroxylation is 1. The molecule has 0 unspecified atom stereocenters. The molecule has 0 aliphatic heterocycles. The van der Waals surface area contributed by atoms with E-state index in [1.54, 1.807) is 31.2 Å². The predicted octanol–water partition coefficient (Wildman–Crippen LogP) is 3.95. The minimum absolute atomic E-state index is 0.0219. The number of rotatable bonds is 7. The SMILES string of the molecule is Cc1ccccc1NS(=O)(=O)c1ccc(NC(=O)COc2ccccc2F)cc1. The number of ether oxygens (including phenoxy) is 1. The van der Waals surface area contributed by atoms with Crippen molar-refractivity contribution in [1.29, 1.82) is 0 Å². The number of benzene rings is 3. The first kappa shape index (κ1) is 20.3. The molecule has 0 aromatic heterocycles. The molecule has 0 saturated carbocycles. The molecular formula is C21H19FN2O4S. The Hall–Kier alpha value is -3.39. The largest absolute Gasteiger partial charge is 0.481 e. The molecule has 2 N–H and O–H groups in total. The van der Waals surface area contributed by atoms with Gasteiger partial charge in [-0.2, -0.15) is 0 Å². The molecule has 8 heteroatoms. The maximum absolute atomic E-state index is 13.5. The van der Waals surface area contributed by atoms with Crippen LogP contribution >= 0.6 is 0 Å². The summed E-state index contributed by atoms with van der Waals surface area (Å²) in [4.78, 5) is 12.0. The molecule has 3 rings (SSSR count). The Morgan fingerprint density at radius 1 is 0.966 bits per heavy atom. The van der Waals surface area contributed by atoms with Crippen LogP contribution in [0.15, 0.2) is 77.7 Å². The van der Waals surface area contributed by atoms with Crippen LogP contribution in [0.4, 0.5) is 15.8 Å². The van der Waals surface area contributed by atoms with E-state index < -0.39 is 21.7 Å². The number of para-hydroxylation sites is 2. The van der Waals surface area contributed by atoms with E-state index in [-0.39, 0.29) is 17.3 Å². The summed E-state index contributed by atoms with van der Waals surface area (Å²) in [6.07, 6.45) is 0. The van der Waals surface area contributed by atoms with Crippen LogP contribution in [0, 0.1) is 12.7 Å². The van der Waals surface area contributed by atoms with Crippen molar-refractivity contribution in [2.24, 2.45) is 0 Å². The monoisotopic (exact) mass is 414 g/mol. The van der Waals surface area contributed by atoms with Gasteiger partial charge >= 0.3 is 0 Å². The summed E-state index contributed by atoms with van der Waals surface area (Å²) < 4.78 is 46.2. The van der Waals surface area contributed by atoms with Gasteiger partial charge in [0.15, 0.2) is 18.2 Å². The highest BCUT2D eigenvalue weighted by Crippen LogP contribution is 2.21. The van der Waals surface area contributed by atoms with Gasteiger partial charge in [-0.05, 0) is 55.0 Å². The van der Waals surface area contributed by atoms with Crippen molar-refractivity contribution in [3.63, 3.8) is 0 Å². The van der Waals surface area contributed by atoms with E-state index in [4.69, 9.17) is 4.74 Å². The molecule has 3 aromatic rings. The highest BCUT2D eigenvalue weighted by Gasteiger charge is 2.15. The highest BCUT2D eigenvalue weighted by atomic mass is 32.2. The minimum Gasteiger partial charge on any atom is -0.481 e. The van der Waals surface area contributed by atoms with Gasteiger partial charge in [-0.15, -0.1) is 0 Å². The maximum Gasteiger partial charge on any atom is 0.262 e. The Kier molecular flexibility index (Phi) is 6.13. The number of halogens is 1. The van der Waals surface area contributed by atoms with E-state index in [1.807, 2.05) is 6.07 Å². The Bertz CT molecular complexity index is 1120. The average Bonchev–Trinajstić information content (AvgIpc) is 2.69. The first-order valence-electron chi connectivity index (χ1n) is 8.71. The number of hydrogen-bond acceptors (Lipinski definition) is 4. The van der Waals surface area contributed by atoms with Crippen LogP contribution < -0.4 is 14.8 Å². The van der Waals surface area contributed by atoms with Gasteiger partial charge < -0.3 is 10.1 Å². The van der Waals surface area contributed by atoms with Gasteiger partial charge in [0.05, 0.1) is 10.6 Å². The molecule has 0 aliphatic rings. The number of nitrogens with one attached hydrogen (secondary N) is 2. The third-order valence-electron chi connectivity index (χ3n) is 4.03. The van der Waals surface area contributed by atoms with Crippen molar-refractivity contribution in [3.8, 4) is 5.75 Å². The van der Waals surface area contributed by atoms with E-state index in [0.717, 1.165) is 5.56 Å². The molecule has 0 fully saturated rings. The molecule has 0 aliphatic carbocycles. The van der Waals surface area contributed by atoms with Gasteiger partial charge in [-0.1, -0.05) is 30.3 Å². The summed E-state index contributed by atoms with van der Waals surface area (Å²) in [5, 5.41) is 2.57. The zero-order valence-electron chi connectivity index (χ0n) is 15.6. The predicted molar refractivity (Wildman–Crippen MR) is 109 cm³/mol. The summed E-state index contributed by atoms with van der Waals surface area (Å²) in [7, 11) is -3.76. The molecule has 0 radical (unpaired) electrons. The second-order valence-corrected chi connectivity index (χ2v) is 7.89. The minimum atomic E-state index is -3.76. The standard InChI is InChI=1S/C21H19FN2O4S/c1-15-6-2-4-8-19(15)24-29(26,27)17-12-10-16(11-13-17)23-21(25)14-28-20-9-5-3-7-18(20)22/h2-13,24H,14H2,1H3,(H,23,25). The van der Waals surface area contributed by atoms with Crippen LogP contribution in [0.5, 0.6) is 5.75 Å². The quantitative estimate of drug-likeness (QED) is 0.613. The van der Waals surface area contributed by atoms with Gasteiger partial charge in [0.25, 0.3) is 15.9 Å². The lowest BCUT2D eigenvalue weighted by Crippen LogP contribution is -2.20. The van der Waals surface area contributed by atoms with E-state index in [0.29, 0.717) is 11.4 Å². The van der Waals surface area contributed by atoms with Crippen molar-refractivity contribution in [3.05, 3.63) is 84.2 Å². The fourth-order valence-electron chi connectivity index (χ4n) is 2.51. The first-order chi connectivity index (χ1) is 13.8. The Balaban J connectivity index is 1.61. The lowest BCUT2D eigenvalue weighted by atomic mass is 10.2. The van der Waals surface area contributed by atoms with E-state index in [9.17, 15) is 17.6 Å². The number of anilines is 2. The van der Waals surface area contributed by atoms with E-state index in [2.05, 4.69) is 10.0 Å². The van der Waals surface area contributed by atoms with Crippen molar-refractivity contribution >= 4 is 27.3 Å². The fourth-order valence-corrected chi connectivity index (χ4v) is 3.64. The zero-order chi connectivity index (χ0) is 20.9. The van der Waals surface area contributed by atoms with Gasteiger partial charge in [0.1, 0.15) is 0 Å².